The Morgan fingerprint density at radius 3 is 2.79 bits per heavy atom. The van der Waals surface area contributed by atoms with Gasteiger partial charge >= 0.3 is 0 Å². The Labute approximate surface area is 112 Å². The van der Waals surface area contributed by atoms with E-state index in [2.05, 4.69) is 0 Å². The highest BCUT2D eigenvalue weighted by atomic mass is 32.2. The summed E-state index contributed by atoms with van der Waals surface area (Å²) in [7, 11) is -2.36. The summed E-state index contributed by atoms with van der Waals surface area (Å²) in [6, 6.07) is 3.48. The molecule has 19 heavy (non-hydrogen) atoms. The summed E-state index contributed by atoms with van der Waals surface area (Å²) < 4.78 is 44.4. The number of rotatable bonds is 3. The number of methoxy groups -OCH3 is 1. The summed E-state index contributed by atoms with van der Waals surface area (Å²) in [5.41, 5.74) is 5.78. The van der Waals surface area contributed by atoms with E-state index in [0.717, 1.165) is 18.9 Å². The molecule has 0 aliphatic carbocycles. The Kier molecular flexibility index (Phi) is 4.07. The normalized spacial score (nSPS) is 21.3. The van der Waals surface area contributed by atoms with Crippen LogP contribution in [0.5, 0.6) is 5.75 Å². The Morgan fingerprint density at radius 2 is 2.21 bits per heavy atom. The molecule has 0 saturated carbocycles. The van der Waals surface area contributed by atoms with Gasteiger partial charge in [-0.3, -0.25) is 0 Å². The van der Waals surface area contributed by atoms with E-state index in [1.165, 1.54) is 23.5 Å². The zero-order chi connectivity index (χ0) is 14.0. The number of halogens is 1. The van der Waals surface area contributed by atoms with Gasteiger partial charge in [0, 0.05) is 19.1 Å². The molecule has 1 fully saturated rings. The molecule has 1 aromatic carbocycles. The van der Waals surface area contributed by atoms with Crippen molar-refractivity contribution in [2.45, 2.75) is 23.8 Å². The number of sulfonamides is 1. The van der Waals surface area contributed by atoms with Crippen molar-refractivity contribution in [1.82, 2.24) is 4.31 Å². The lowest BCUT2D eigenvalue weighted by molar-refractivity contribution is 0.316. The Morgan fingerprint density at radius 1 is 1.47 bits per heavy atom. The van der Waals surface area contributed by atoms with Gasteiger partial charge in [-0.15, -0.1) is 0 Å². The second-order valence-electron chi connectivity index (χ2n) is 4.56. The maximum Gasteiger partial charge on any atom is 0.243 e. The van der Waals surface area contributed by atoms with Gasteiger partial charge in [0.2, 0.25) is 10.0 Å². The summed E-state index contributed by atoms with van der Waals surface area (Å²) >= 11 is 0. The maximum atomic E-state index is 13.6. The van der Waals surface area contributed by atoms with Crippen molar-refractivity contribution in [2.24, 2.45) is 5.73 Å². The lowest BCUT2D eigenvalue weighted by Gasteiger charge is -2.29. The van der Waals surface area contributed by atoms with Gasteiger partial charge in [0.05, 0.1) is 12.0 Å². The van der Waals surface area contributed by atoms with Crippen LogP contribution in [0, 0.1) is 5.82 Å². The van der Waals surface area contributed by atoms with Crippen LogP contribution in [0.4, 0.5) is 4.39 Å². The lowest BCUT2D eigenvalue weighted by atomic mass is 10.1. The molecule has 0 bridgehead atoms. The summed E-state index contributed by atoms with van der Waals surface area (Å²) in [6.45, 7) is 0.694. The third-order valence-corrected chi connectivity index (χ3v) is 5.04. The van der Waals surface area contributed by atoms with Gasteiger partial charge in [0.25, 0.3) is 0 Å². The molecule has 1 saturated heterocycles. The SMILES string of the molecule is COc1ccc(S(=O)(=O)N2CCCC(N)C2)cc1F. The van der Waals surface area contributed by atoms with Crippen LogP contribution in [0.15, 0.2) is 23.1 Å². The first-order valence-corrected chi connectivity index (χ1v) is 7.48. The molecule has 1 aliphatic rings. The fraction of sp³-hybridized carbons (Fsp3) is 0.500. The number of hydrogen-bond donors (Lipinski definition) is 1. The predicted molar refractivity (Wildman–Crippen MR) is 68.9 cm³/mol. The van der Waals surface area contributed by atoms with Crippen molar-refractivity contribution < 1.29 is 17.5 Å². The zero-order valence-corrected chi connectivity index (χ0v) is 11.5. The van der Waals surface area contributed by atoms with Gasteiger partial charge in [-0.1, -0.05) is 0 Å². The number of benzene rings is 1. The summed E-state index contributed by atoms with van der Waals surface area (Å²) in [4.78, 5) is -0.0695. The molecule has 2 rings (SSSR count). The van der Waals surface area contributed by atoms with Gasteiger partial charge in [-0.05, 0) is 31.0 Å². The van der Waals surface area contributed by atoms with Crippen molar-refractivity contribution in [3.8, 4) is 5.75 Å². The Hall–Kier alpha value is -1.18. The van der Waals surface area contributed by atoms with Crippen LogP contribution in [-0.2, 0) is 10.0 Å². The lowest BCUT2D eigenvalue weighted by Crippen LogP contribution is -2.45. The topological polar surface area (TPSA) is 72.6 Å². The van der Waals surface area contributed by atoms with Crippen LogP contribution in [-0.4, -0.2) is 39.0 Å². The first kappa shape index (κ1) is 14.2. The van der Waals surface area contributed by atoms with E-state index in [-0.39, 0.29) is 23.2 Å². The fourth-order valence-electron chi connectivity index (χ4n) is 2.15. The van der Waals surface area contributed by atoms with Gasteiger partial charge in [0.15, 0.2) is 11.6 Å². The van der Waals surface area contributed by atoms with Crippen molar-refractivity contribution in [2.75, 3.05) is 20.2 Å². The number of piperidine rings is 1. The molecule has 1 unspecified atom stereocenters. The minimum atomic E-state index is -3.68. The quantitative estimate of drug-likeness (QED) is 0.898. The van der Waals surface area contributed by atoms with Crippen molar-refractivity contribution in [3.63, 3.8) is 0 Å². The molecule has 1 aliphatic heterocycles. The average Bonchev–Trinajstić information content (AvgIpc) is 2.38. The first-order valence-electron chi connectivity index (χ1n) is 6.04. The number of ether oxygens (including phenoxy) is 1. The molecule has 1 atom stereocenters. The third kappa shape index (κ3) is 2.88. The maximum absolute atomic E-state index is 13.6. The highest BCUT2D eigenvalue weighted by Crippen LogP contribution is 2.24. The molecular formula is C12H17FN2O3S. The van der Waals surface area contributed by atoms with E-state index in [0.29, 0.717) is 6.54 Å². The highest BCUT2D eigenvalue weighted by molar-refractivity contribution is 7.89. The van der Waals surface area contributed by atoms with Crippen LogP contribution in [0.1, 0.15) is 12.8 Å². The number of nitrogens with zero attached hydrogens (tertiary/aromatic N) is 1. The van der Waals surface area contributed by atoms with E-state index >= 15 is 0 Å². The number of hydrogen-bond acceptors (Lipinski definition) is 4. The second kappa shape index (κ2) is 5.44. The molecule has 106 valence electrons. The molecule has 0 aromatic heterocycles. The van der Waals surface area contributed by atoms with Crippen LogP contribution >= 0.6 is 0 Å². The third-order valence-electron chi connectivity index (χ3n) is 3.18. The molecule has 0 spiro atoms. The van der Waals surface area contributed by atoms with E-state index in [9.17, 15) is 12.8 Å². The summed E-state index contributed by atoms with van der Waals surface area (Å²) in [5.74, 6) is -0.667. The molecule has 1 heterocycles. The van der Waals surface area contributed by atoms with Gasteiger partial charge in [0.1, 0.15) is 0 Å². The van der Waals surface area contributed by atoms with Crippen LogP contribution in [0.25, 0.3) is 0 Å². The van der Waals surface area contributed by atoms with E-state index in [1.54, 1.807) is 0 Å². The van der Waals surface area contributed by atoms with Gasteiger partial charge in [-0.25, -0.2) is 12.8 Å². The van der Waals surface area contributed by atoms with Crippen molar-refractivity contribution in [3.05, 3.63) is 24.0 Å². The largest absolute Gasteiger partial charge is 0.494 e. The Bertz CT molecular complexity index is 562. The van der Waals surface area contributed by atoms with Gasteiger partial charge in [-0.2, -0.15) is 4.31 Å². The predicted octanol–water partition coefficient (Wildman–Crippen LogP) is 0.946. The molecule has 5 nitrogen and oxygen atoms in total. The monoisotopic (exact) mass is 288 g/mol. The molecule has 1 aromatic rings. The van der Waals surface area contributed by atoms with Crippen molar-refractivity contribution in [1.29, 1.82) is 0 Å². The number of nitrogens with two attached hydrogens (primary N) is 1. The van der Waals surface area contributed by atoms with Crippen LogP contribution in [0.3, 0.4) is 0 Å². The molecule has 7 heteroatoms. The first-order chi connectivity index (χ1) is 8.95. The highest BCUT2D eigenvalue weighted by Gasteiger charge is 2.29. The minimum absolute atomic E-state index is 0.0225. The fourth-order valence-corrected chi connectivity index (χ4v) is 3.70. The van der Waals surface area contributed by atoms with Crippen LogP contribution < -0.4 is 10.5 Å². The Balaban J connectivity index is 2.31. The molecule has 0 amide bonds. The average molecular weight is 288 g/mol. The summed E-state index contributed by atoms with van der Waals surface area (Å²) in [6.07, 6.45) is 1.53. The molecule has 0 radical (unpaired) electrons. The zero-order valence-electron chi connectivity index (χ0n) is 10.7. The second-order valence-corrected chi connectivity index (χ2v) is 6.50. The minimum Gasteiger partial charge on any atom is -0.494 e. The standard InChI is InChI=1S/C12H17FN2O3S/c1-18-12-5-4-10(7-11(12)13)19(16,17)15-6-2-3-9(14)8-15/h4-5,7,9H,2-3,6,8,14H2,1H3. The smallest absolute Gasteiger partial charge is 0.243 e. The van der Waals surface area contributed by atoms with Gasteiger partial charge < -0.3 is 10.5 Å². The molecule has 2 N–H and O–H groups in total. The summed E-state index contributed by atoms with van der Waals surface area (Å²) in [5, 5.41) is 0. The molecular weight excluding hydrogens is 271 g/mol. The van der Waals surface area contributed by atoms with Crippen molar-refractivity contribution >= 4 is 10.0 Å². The van der Waals surface area contributed by atoms with E-state index in [4.69, 9.17) is 10.5 Å². The van der Waals surface area contributed by atoms with E-state index < -0.39 is 15.8 Å². The van der Waals surface area contributed by atoms with E-state index in [1.807, 2.05) is 0 Å². The van der Waals surface area contributed by atoms with Crippen LogP contribution in [0.2, 0.25) is 0 Å².